The zero-order valence-corrected chi connectivity index (χ0v) is 63.9. The quantitative estimate of drug-likeness (QED) is 0.0277. The molecule has 4 aliphatic carbocycles. The fraction of sp³-hybridized carbons (Fsp3) is 0.556. The number of unbranched alkanes of at least 4 members (excludes halogenated alkanes) is 32. The van der Waals surface area contributed by atoms with Crippen molar-refractivity contribution >= 4 is 90.7 Å². The van der Waals surface area contributed by atoms with Gasteiger partial charge in [0.15, 0.2) is 0 Å². The maximum atomic E-state index is 15.1. The first-order chi connectivity index (χ1) is 50.2. The molecule has 0 radical (unpaired) electrons. The van der Waals surface area contributed by atoms with Crippen molar-refractivity contribution in [2.24, 2.45) is 27.7 Å². The highest BCUT2D eigenvalue weighted by molar-refractivity contribution is 7.14. The Labute approximate surface area is 617 Å². The highest BCUT2D eigenvalue weighted by Gasteiger charge is 2.48. The number of aromatic nitrogens is 2. The Balaban J connectivity index is 0.791. The van der Waals surface area contributed by atoms with Crippen LogP contribution in [0.2, 0.25) is 0 Å². The summed E-state index contributed by atoms with van der Waals surface area (Å²) in [4.78, 5) is 88.9. The number of benzene rings is 3. The molecule has 0 bridgehead atoms. The van der Waals surface area contributed by atoms with E-state index in [1.807, 2.05) is 24.3 Å². The molecule has 13 rings (SSSR count). The van der Waals surface area contributed by atoms with Crippen LogP contribution in [0.4, 0.5) is 5.69 Å². The Bertz CT molecular complexity index is 4260. The van der Waals surface area contributed by atoms with Crippen molar-refractivity contribution in [3.05, 3.63) is 139 Å². The number of amides is 4. The van der Waals surface area contributed by atoms with E-state index in [1.165, 1.54) is 205 Å². The van der Waals surface area contributed by atoms with E-state index in [0.717, 1.165) is 144 Å². The lowest BCUT2D eigenvalue weighted by atomic mass is 9.73. The van der Waals surface area contributed by atoms with Crippen molar-refractivity contribution in [1.29, 1.82) is 0 Å². The van der Waals surface area contributed by atoms with E-state index >= 15 is 19.2 Å². The first kappa shape index (κ1) is 73.5. The lowest BCUT2D eigenvalue weighted by Crippen LogP contribution is -2.47. The van der Waals surface area contributed by atoms with Gasteiger partial charge in [-0.15, -0.1) is 22.7 Å². The van der Waals surface area contributed by atoms with E-state index in [-0.39, 0.29) is 41.4 Å². The van der Waals surface area contributed by atoms with Gasteiger partial charge in [0.2, 0.25) is 0 Å². The number of allylic oxidation sites excluding steroid dienone is 4. The van der Waals surface area contributed by atoms with E-state index in [1.54, 1.807) is 32.5 Å². The van der Waals surface area contributed by atoms with Gasteiger partial charge in [-0.25, -0.2) is 15.0 Å². The number of hydrogen-bond acceptors (Lipinski definition) is 10. The van der Waals surface area contributed by atoms with Crippen LogP contribution in [0.3, 0.4) is 0 Å². The Morgan fingerprint density at radius 3 is 1.39 bits per heavy atom. The molecular formula is C90H114N6O4S2. The summed E-state index contributed by atoms with van der Waals surface area (Å²) in [6.45, 7) is 10.0. The first-order valence-electron chi connectivity index (χ1n) is 41.1. The predicted molar refractivity (Wildman–Crippen MR) is 425 cm³/mol. The second-order valence-corrected chi connectivity index (χ2v) is 33.0. The molecule has 0 saturated carbocycles. The van der Waals surface area contributed by atoms with Gasteiger partial charge in [-0.05, 0) is 112 Å². The van der Waals surface area contributed by atoms with Crippen LogP contribution in [0.1, 0.15) is 328 Å². The van der Waals surface area contributed by atoms with Crippen LogP contribution >= 0.6 is 22.7 Å². The summed E-state index contributed by atoms with van der Waals surface area (Å²) < 4.78 is 0. The summed E-state index contributed by atoms with van der Waals surface area (Å²) in [5.74, 6) is -0.586. The van der Waals surface area contributed by atoms with Crippen molar-refractivity contribution in [3.63, 3.8) is 0 Å². The van der Waals surface area contributed by atoms with E-state index < -0.39 is 6.04 Å². The molecule has 3 aromatic carbocycles. The molecule has 12 heteroatoms. The van der Waals surface area contributed by atoms with Gasteiger partial charge in [0.1, 0.15) is 22.8 Å². The van der Waals surface area contributed by atoms with E-state index in [4.69, 9.17) is 20.0 Å². The van der Waals surface area contributed by atoms with Gasteiger partial charge in [-0.1, -0.05) is 295 Å². The maximum absolute atomic E-state index is 15.1. The van der Waals surface area contributed by atoms with Crippen molar-refractivity contribution in [2.45, 2.75) is 291 Å². The molecule has 3 aliphatic heterocycles. The van der Waals surface area contributed by atoms with Gasteiger partial charge in [-0.2, -0.15) is 0 Å². The molecule has 540 valence electrons. The molecule has 10 nitrogen and oxygen atoms in total. The van der Waals surface area contributed by atoms with Crippen LogP contribution in [0.15, 0.2) is 110 Å². The van der Waals surface area contributed by atoms with Crippen molar-refractivity contribution in [2.75, 3.05) is 13.1 Å². The minimum absolute atomic E-state index is 0.182. The topological polar surface area (TPSA) is 125 Å². The van der Waals surface area contributed by atoms with Gasteiger partial charge in [0, 0.05) is 73.1 Å². The van der Waals surface area contributed by atoms with Gasteiger partial charge >= 0.3 is 0 Å². The largest absolute Gasteiger partial charge is 0.274 e. The summed E-state index contributed by atoms with van der Waals surface area (Å²) >= 11 is 3.28. The third kappa shape index (κ3) is 15.9. The molecule has 4 atom stereocenters. The summed E-state index contributed by atoms with van der Waals surface area (Å²) in [5, 5.41) is 7.29. The van der Waals surface area contributed by atoms with Gasteiger partial charge < -0.3 is 0 Å². The SMILES string of the molecule is CCCCCCCCCCCCC(CCCCCCCCCC)CN1C(=O)C2=CC=C3c4nc5c(-c6cccs6)c6c(c(-c7cccs7)c5nc4=C4C=CC(=C2C34)C1=O)N=C1c2ccc3c4c(ccc(c24)C1N=6)C(=O)N(CC(CCCCCCCCCC)CCCCCCCCCCCC)C3=O. The van der Waals surface area contributed by atoms with Gasteiger partial charge in [0.25, 0.3) is 23.6 Å². The summed E-state index contributed by atoms with van der Waals surface area (Å²) in [7, 11) is 0. The molecule has 0 saturated heterocycles. The Morgan fingerprint density at radius 1 is 0.451 bits per heavy atom. The number of aliphatic imine (C=N–C) groups is 1. The molecule has 6 aromatic rings. The fourth-order valence-corrected chi connectivity index (χ4v) is 19.6. The van der Waals surface area contributed by atoms with Crippen LogP contribution in [-0.2, 0) is 9.59 Å². The normalized spacial score (nSPS) is 17.4. The minimum Gasteiger partial charge on any atom is -0.274 e. The molecule has 0 fully saturated rings. The molecule has 7 aliphatic rings. The minimum atomic E-state index is -0.494. The number of rotatable bonds is 46. The maximum Gasteiger partial charge on any atom is 0.261 e. The highest BCUT2D eigenvalue weighted by atomic mass is 32.1. The van der Waals surface area contributed by atoms with E-state index in [2.05, 4.69) is 87.0 Å². The zero-order chi connectivity index (χ0) is 70.3. The third-order valence-electron chi connectivity index (χ3n) is 23.7. The number of hydrogen-bond donors (Lipinski definition) is 0. The Hall–Kier alpha value is -6.76. The standard InChI is InChI=1S/C90H114N6O4S2/c1-5-9-13-17-21-25-27-31-35-39-45-61(43-37-33-29-23-19-15-11-7-3)59-95-87(97)67-53-49-63-73-64(50-54-68(75(67)73)88(95)98)80-79(63)91-83-77(71-47-41-57-101-71)85-86(78(84(83)92-80)72-48-42-58-102-72)94-82-66-52-56-70-76-69(55-51-65(74(66)76)81(82)93-85)89(99)96(90(70)100)60-62(44-38-34-30-24-20-16-12-8-4)46-40-36-32-28-26-22-18-14-10-6-2/h41-42,47-58,61-62,73,81H,5-40,43-46,59-60H2,1-4H3. The fourth-order valence-electron chi connectivity index (χ4n) is 18.0. The summed E-state index contributed by atoms with van der Waals surface area (Å²) in [5.41, 5.74) is 12.3. The monoisotopic (exact) mass is 1410 g/mol. The van der Waals surface area contributed by atoms with Crippen molar-refractivity contribution in [3.8, 4) is 20.9 Å². The average Bonchev–Trinajstić information content (AvgIpc) is 1.51. The average molecular weight is 1410 g/mol. The van der Waals surface area contributed by atoms with Crippen LogP contribution in [0.25, 0.3) is 53.8 Å². The molecule has 3 aromatic heterocycles. The number of imide groups is 2. The molecule has 0 N–H and O–H groups in total. The number of fused-ring (bicyclic) bond motifs is 7. The Kier molecular flexibility index (Phi) is 25.8. The highest BCUT2D eigenvalue weighted by Crippen LogP contribution is 2.53. The molecule has 102 heavy (non-hydrogen) atoms. The summed E-state index contributed by atoms with van der Waals surface area (Å²) in [6.07, 6.45) is 58.1. The van der Waals surface area contributed by atoms with Crippen LogP contribution < -0.4 is 10.7 Å². The van der Waals surface area contributed by atoms with E-state index in [9.17, 15) is 0 Å². The zero-order valence-electron chi connectivity index (χ0n) is 62.2. The number of thiophene rings is 2. The number of carbonyl (C=O) groups is 4. The summed E-state index contributed by atoms with van der Waals surface area (Å²) in [6, 6.07) is 16.0. The lowest BCUT2D eigenvalue weighted by Gasteiger charge is -2.37. The van der Waals surface area contributed by atoms with Crippen molar-refractivity contribution in [1.82, 2.24) is 19.8 Å². The van der Waals surface area contributed by atoms with Gasteiger partial charge in [0.05, 0.1) is 22.1 Å². The second-order valence-electron chi connectivity index (χ2n) is 31.1. The first-order valence-corrected chi connectivity index (χ1v) is 42.8. The molecule has 4 amide bonds. The molecule has 4 unspecified atom stereocenters. The molecule has 0 spiro atoms. The van der Waals surface area contributed by atoms with Crippen LogP contribution in [0.5, 0.6) is 0 Å². The Morgan fingerprint density at radius 2 is 0.902 bits per heavy atom. The lowest BCUT2D eigenvalue weighted by molar-refractivity contribution is -0.141. The molecular weight excluding hydrogens is 1290 g/mol. The number of carbonyl (C=O) groups excluding carboxylic acids is 4. The van der Waals surface area contributed by atoms with Crippen molar-refractivity contribution < 1.29 is 19.2 Å². The van der Waals surface area contributed by atoms with Crippen LogP contribution in [-0.4, -0.2) is 62.2 Å². The number of nitrogens with zero attached hydrogens (tertiary/aromatic N) is 6. The predicted octanol–water partition coefficient (Wildman–Crippen LogP) is 23.9. The van der Waals surface area contributed by atoms with Gasteiger partial charge in [-0.3, -0.25) is 34.0 Å². The smallest absolute Gasteiger partial charge is 0.261 e. The molecule has 6 heterocycles. The third-order valence-corrected chi connectivity index (χ3v) is 25.4. The second kappa shape index (κ2) is 35.8. The van der Waals surface area contributed by atoms with Crippen LogP contribution in [0, 0.1) is 17.8 Å². The van der Waals surface area contributed by atoms with E-state index in [0.29, 0.717) is 40.9 Å².